The fraction of sp³-hybridized carbons (Fsp3) is 0.417. The van der Waals surface area contributed by atoms with E-state index >= 15 is 0 Å². The smallest absolute Gasteiger partial charge is 0.0981 e. The molecule has 0 amide bonds. The van der Waals surface area contributed by atoms with E-state index in [0.29, 0.717) is 23.7 Å². The highest BCUT2D eigenvalue weighted by atomic mass is 15.0. The summed E-state index contributed by atoms with van der Waals surface area (Å²) in [5, 5.41) is 4.04. The molecule has 1 unspecified atom stereocenters. The molecule has 0 spiro atoms. The van der Waals surface area contributed by atoms with Crippen molar-refractivity contribution in [3.63, 3.8) is 0 Å². The molecule has 3 aromatic carbocycles. The quantitative estimate of drug-likeness (QED) is 0.271. The molecule has 0 fully saturated rings. The number of aliphatic imine (C=N–C) groups is 1. The van der Waals surface area contributed by atoms with Crippen LogP contribution in [0.25, 0.3) is 5.57 Å². The zero-order valence-corrected chi connectivity index (χ0v) is 25.3. The predicted octanol–water partition coefficient (Wildman–Crippen LogP) is 10.9. The van der Waals surface area contributed by atoms with Crippen LogP contribution in [0.3, 0.4) is 0 Å². The average Bonchev–Trinajstić information content (AvgIpc) is 2.88. The summed E-state index contributed by atoms with van der Waals surface area (Å²) in [4.78, 5) is 5.46. The van der Waals surface area contributed by atoms with Gasteiger partial charge in [-0.25, -0.2) is 0 Å². The standard InChI is InChI=1S/C36H48N2/c1-23(2)30-19-15-20-31(24(3)4)34(30)37-28(10)36(11,27(9)29-17-13-12-14-18-29)38-35-32(25(5)6)21-16-22-33(35)26(7)8/h12-26,38H,9H2,1-8,10-11H3. The monoisotopic (exact) mass is 508 g/mol. The minimum absolute atomic E-state index is 0.381. The molecule has 3 rings (SSSR count). The van der Waals surface area contributed by atoms with Crippen LogP contribution < -0.4 is 5.32 Å². The second kappa shape index (κ2) is 12.2. The SMILES string of the molecule is C=C(c1ccccc1)C(C)(Nc1c(C(C)C)cccc1C(C)C)C(C)=Nc1c(C(C)C)cccc1C(C)C. The van der Waals surface area contributed by atoms with E-state index in [-0.39, 0.29) is 0 Å². The highest BCUT2D eigenvalue weighted by molar-refractivity contribution is 6.07. The van der Waals surface area contributed by atoms with E-state index in [2.05, 4.69) is 148 Å². The maximum absolute atomic E-state index is 5.46. The Hall–Kier alpha value is -3.13. The van der Waals surface area contributed by atoms with Crippen LogP contribution in [0, 0.1) is 0 Å². The van der Waals surface area contributed by atoms with Crippen LogP contribution in [0.4, 0.5) is 11.4 Å². The van der Waals surface area contributed by atoms with Crippen molar-refractivity contribution in [2.24, 2.45) is 4.99 Å². The first-order valence-corrected chi connectivity index (χ1v) is 14.2. The molecule has 0 bridgehead atoms. The largest absolute Gasteiger partial charge is 0.370 e. The van der Waals surface area contributed by atoms with Crippen molar-refractivity contribution >= 4 is 22.7 Å². The lowest BCUT2D eigenvalue weighted by atomic mass is 9.81. The Morgan fingerprint density at radius 2 is 1.08 bits per heavy atom. The van der Waals surface area contributed by atoms with Crippen molar-refractivity contribution in [3.8, 4) is 0 Å². The molecule has 0 aliphatic carbocycles. The predicted molar refractivity (Wildman–Crippen MR) is 170 cm³/mol. The molecule has 2 heteroatoms. The van der Waals surface area contributed by atoms with Gasteiger partial charge in [-0.05, 0) is 70.9 Å². The van der Waals surface area contributed by atoms with Gasteiger partial charge in [0.2, 0.25) is 0 Å². The van der Waals surface area contributed by atoms with Crippen molar-refractivity contribution in [2.75, 3.05) is 5.32 Å². The molecular formula is C36H48N2. The first kappa shape index (κ1) is 29.4. The highest BCUT2D eigenvalue weighted by Gasteiger charge is 2.34. The van der Waals surface area contributed by atoms with Gasteiger partial charge >= 0.3 is 0 Å². The summed E-state index contributed by atoms with van der Waals surface area (Å²) in [7, 11) is 0. The third-order valence-corrected chi connectivity index (χ3v) is 7.82. The van der Waals surface area contributed by atoms with Crippen LogP contribution in [-0.2, 0) is 0 Å². The van der Waals surface area contributed by atoms with Gasteiger partial charge in [0.25, 0.3) is 0 Å². The third kappa shape index (κ3) is 6.12. The maximum atomic E-state index is 5.46. The molecule has 0 aromatic heterocycles. The van der Waals surface area contributed by atoms with E-state index in [1.54, 1.807) is 0 Å². The number of hydrogen-bond donors (Lipinski definition) is 1. The molecule has 0 heterocycles. The summed E-state index contributed by atoms with van der Waals surface area (Å²) in [5.74, 6) is 1.53. The molecule has 0 aliphatic heterocycles. The van der Waals surface area contributed by atoms with Crippen LogP contribution in [0.2, 0.25) is 0 Å². The molecule has 202 valence electrons. The average molecular weight is 509 g/mol. The van der Waals surface area contributed by atoms with Crippen molar-refractivity contribution < 1.29 is 0 Å². The molecule has 2 nitrogen and oxygen atoms in total. The molecule has 1 atom stereocenters. The van der Waals surface area contributed by atoms with Gasteiger partial charge in [-0.2, -0.15) is 0 Å². The van der Waals surface area contributed by atoms with Gasteiger partial charge in [0.1, 0.15) is 0 Å². The number of anilines is 1. The van der Waals surface area contributed by atoms with Crippen LogP contribution in [0.1, 0.15) is 121 Å². The Kier molecular flexibility index (Phi) is 9.41. The maximum Gasteiger partial charge on any atom is 0.0981 e. The molecule has 0 radical (unpaired) electrons. The number of rotatable bonds is 10. The van der Waals surface area contributed by atoms with E-state index in [1.165, 1.54) is 27.9 Å². The lowest BCUT2D eigenvalue weighted by Crippen LogP contribution is -2.43. The fourth-order valence-corrected chi connectivity index (χ4v) is 5.18. The number of hydrogen-bond acceptors (Lipinski definition) is 2. The highest BCUT2D eigenvalue weighted by Crippen LogP contribution is 2.40. The van der Waals surface area contributed by atoms with Crippen LogP contribution in [0.15, 0.2) is 78.3 Å². The van der Waals surface area contributed by atoms with Gasteiger partial charge in [-0.3, -0.25) is 4.99 Å². The van der Waals surface area contributed by atoms with Crippen LogP contribution >= 0.6 is 0 Å². The fourth-order valence-electron chi connectivity index (χ4n) is 5.18. The molecule has 0 aliphatic rings. The topological polar surface area (TPSA) is 24.4 Å². The van der Waals surface area contributed by atoms with Crippen LogP contribution in [-0.4, -0.2) is 11.3 Å². The summed E-state index contributed by atoms with van der Waals surface area (Å²) < 4.78 is 0. The molecule has 1 N–H and O–H groups in total. The minimum Gasteiger partial charge on any atom is -0.370 e. The van der Waals surface area contributed by atoms with E-state index in [1.807, 2.05) is 0 Å². The van der Waals surface area contributed by atoms with Crippen molar-refractivity contribution in [3.05, 3.63) is 101 Å². The summed E-state index contributed by atoms with van der Waals surface area (Å²) in [6.07, 6.45) is 0. The van der Waals surface area contributed by atoms with Gasteiger partial charge in [0.15, 0.2) is 0 Å². The summed E-state index contributed by atoms with van der Waals surface area (Å²) >= 11 is 0. The second-order valence-corrected chi connectivity index (χ2v) is 12.0. The Balaban J connectivity index is 2.31. The third-order valence-electron chi connectivity index (χ3n) is 7.82. The Labute approximate surface area is 232 Å². The molecule has 0 saturated carbocycles. The van der Waals surface area contributed by atoms with E-state index < -0.39 is 5.54 Å². The van der Waals surface area contributed by atoms with E-state index in [4.69, 9.17) is 4.99 Å². The minimum atomic E-state index is -0.603. The number of para-hydroxylation sites is 2. The van der Waals surface area contributed by atoms with Gasteiger partial charge in [-0.15, -0.1) is 0 Å². The zero-order valence-electron chi connectivity index (χ0n) is 25.3. The van der Waals surface area contributed by atoms with Crippen molar-refractivity contribution in [1.82, 2.24) is 0 Å². The second-order valence-electron chi connectivity index (χ2n) is 12.0. The Morgan fingerprint density at radius 1 is 0.658 bits per heavy atom. The normalized spacial score (nSPS) is 13.9. The lowest BCUT2D eigenvalue weighted by Gasteiger charge is -2.37. The summed E-state index contributed by atoms with van der Waals surface area (Å²) in [6, 6.07) is 23.8. The van der Waals surface area contributed by atoms with Crippen molar-refractivity contribution in [1.29, 1.82) is 0 Å². The molecule has 3 aromatic rings. The Morgan fingerprint density at radius 3 is 1.50 bits per heavy atom. The number of nitrogens with zero attached hydrogens (tertiary/aromatic N) is 1. The van der Waals surface area contributed by atoms with Gasteiger partial charge < -0.3 is 5.32 Å². The molecular weight excluding hydrogens is 460 g/mol. The van der Waals surface area contributed by atoms with Gasteiger partial charge in [0.05, 0.1) is 11.2 Å². The Bertz CT molecular complexity index is 1230. The number of nitrogens with one attached hydrogen (secondary N) is 1. The van der Waals surface area contributed by atoms with E-state index in [9.17, 15) is 0 Å². The zero-order chi connectivity index (χ0) is 28.2. The number of benzene rings is 3. The molecule has 38 heavy (non-hydrogen) atoms. The summed E-state index contributed by atoms with van der Waals surface area (Å²) in [5.41, 5.74) is 10.1. The first-order valence-electron chi connectivity index (χ1n) is 14.2. The van der Waals surface area contributed by atoms with E-state index in [0.717, 1.165) is 22.5 Å². The van der Waals surface area contributed by atoms with Gasteiger partial charge in [-0.1, -0.05) is 129 Å². The van der Waals surface area contributed by atoms with Gasteiger partial charge in [0, 0.05) is 11.4 Å². The van der Waals surface area contributed by atoms with Crippen LogP contribution in [0.5, 0.6) is 0 Å². The summed E-state index contributed by atoms with van der Waals surface area (Å²) in [6.45, 7) is 27.2. The van der Waals surface area contributed by atoms with Crippen molar-refractivity contribution in [2.45, 2.75) is 98.4 Å². The lowest BCUT2D eigenvalue weighted by molar-refractivity contribution is 0.802. The first-order chi connectivity index (χ1) is 17.9. The molecule has 0 saturated heterocycles.